The van der Waals surface area contributed by atoms with Gasteiger partial charge in [-0.2, -0.15) is 4.98 Å². The second-order valence-corrected chi connectivity index (χ2v) is 9.01. The van der Waals surface area contributed by atoms with Crippen LogP contribution < -0.4 is 10.9 Å². The van der Waals surface area contributed by atoms with Crippen molar-refractivity contribution in [3.05, 3.63) is 44.0 Å². The van der Waals surface area contributed by atoms with Crippen LogP contribution in [-0.4, -0.2) is 50.9 Å². The number of hydrogen-bond donors (Lipinski definition) is 1. The molecular formula is C19H21N5O3S. The van der Waals surface area contributed by atoms with Gasteiger partial charge >= 0.3 is 0 Å². The molecule has 1 saturated heterocycles. The van der Waals surface area contributed by atoms with Gasteiger partial charge in [-0.3, -0.25) is 14.4 Å². The van der Waals surface area contributed by atoms with Crippen LogP contribution >= 0.6 is 11.3 Å². The zero-order valence-electron chi connectivity index (χ0n) is 15.6. The van der Waals surface area contributed by atoms with Gasteiger partial charge in [-0.1, -0.05) is 0 Å². The number of likely N-dealkylation sites (tertiary alicyclic amines) is 1. The van der Waals surface area contributed by atoms with Gasteiger partial charge in [0.25, 0.3) is 17.4 Å². The maximum absolute atomic E-state index is 12.7. The standard InChI is InChI=1S/C19H21N5O3S/c1-10-21-15(9-28-10)19(27)24-6-12-5-23-8-14(17(25)20-4-11-2-3-11)18(26)22-16(23)13(12)7-24/h8-9,11-13H,2-7H2,1H3,(H,20,25)/t12-,13+/m0/s1. The molecule has 0 radical (unpaired) electrons. The Morgan fingerprint density at radius 3 is 2.79 bits per heavy atom. The molecule has 4 heterocycles. The van der Waals surface area contributed by atoms with Crippen LogP contribution in [0, 0.1) is 18.8 Å². The molecule has 2 aliphatic heterocycles. The monoisotopic (exact) mass is 399 g/mol. The average molecular weight is 399 g/mol. The fourth-order valence-corrected chi connectivity index (χ4v) is 4.74. The minimum absolute atomic E-state index is 0.0277. The summed E-state index contributed by atoms with van der Waals surface area (Å²) < 4.78 is 1.91. The summed E-state index contributed by atoms with van der Waals surface area (Å²) in [5.74, 6) is 1.06. The summed E-state index contributed by atoms with van der Waals surface area (Å²) in [5.41, 5.74) is 0.103. The predicted octanol–water partition coefficient (Wildman–Crippen LogP) is 1.02. The van der Waals surface area contributed by atoms with Crippen molar-refractivity contribution in [2.45, 2.75) is 32.2 Å². The number of aromatic nitrogens is 3. The van der Waals surface area contributed by atoms with Gasteiger partial charge in [0.15, 0.2) is 0 Å². The maximum atomic E-state index is 12.7. The minimum atomic E-state index is -0.486. The lowest BCUT2D eigenvalue weighted by atomic mass is 9.99. The minimum Gasteiger partial charge on any atom is -0.352 e. The third-order valence-corrected chi connectivity index (χ3v) is 6.62. The number of amides is 2. The van der Waals surface area contributed by atoms with E-state index in [-0.39, 0.29) is 29.2 Å². The molecule has 3 aliphatic rings. The van der Waals surface area contributed by atoms with Crippen LogP contribution in [0.1, 0.15) is 50.4 Å². The highest BCUT2D eigenvalue weighted by Gasteiger charge is 2.43. The maximum Gasteiger partial charge on any atom is 0.285 e. The van der Waals surface area contributed by atoms with Crippen LogP contribution in [0.2, 0.25) is 0 Å². The molecule has 2 aromatic rings. The first-order chi connectivity index (χ1) is 13.5. The van der Waals surface area contributed by atoms with Crippen molar-refractivity contribution in [2.24, 2.45) is 11.8 Å². The van der Waals surface area contributed by atoms with Crippen LogP contribution in [-0.2, 0) is 6.54 Å². The van der Waals surface area contributed by atoms with Crippen molar-refractivity contribution < 1.29 is 9.59 Å². The number of carbonyl (C=O) groups is 2. The first-order valence-corrected chi connectivity index (χ1v) is 10.5. The highest BCUT2D eigenvalue weighted by molar-refractivity contribution is 7.09. The molecule has 1 saturated carbocycles. The van der Waals surface area contributed by atoms with Gasteiger partial charge in [0.05, 0.1) is 5.01 Å². The smallest absolute Gasteiger partial charge is 0.285 e. The van der Waals surface area contributed by atoms with E-state index in [1.54, 1.807) is 16.5 Å². The Morgan fingerprint density at radius 2 is 2.07 bits per heavy atom. The van der Waals surface area contributed by atoms with Crippen molar-refractivity contribution >= 4 is 23.2 Å². The Bertz CT molecular complexity index is 1020. The van der Waals surface area contributed by atoms with E-state index in [1.165, 1.54) is 11.3 Å². The van der Waals surface area contributed by atoms with Crippen molar-refractivity contribution in [3.8, 4) is 0 Å². The van der Waals surface area contributed by atoms with Gasteiger partial charge in [-0.15, -0.1) is 11.3 Å². The number of hydrogen-bond acceptors (Lipinski definition) is 6. The molecule has 0 unspecified atom stereocenters. The third kappa shape index (κ3) is 3.03. The lowest BCUT2D eigenvalue weighted by Crippen LogP contribution is -2.34. The molecule has 1 aliphatic carbocycles. The largest absolute Gasteiger partial charge is 0.352 e. The molecule has 9 heteroatoms. The molecule has 0 aromatic carbocycles. The molecule has 2 fully saturated rings. The SMILES string of the molecule is Cc1nc(C(=O)N2C[C@@H]3Cn4cc(C(=O)NCC5CC5)c(=O)nc4[C@@H]3C2)cs1. The van der Waals surface area contributed by atoms with E-state index >= 15 is 0 Å². The normalized spacial score (nSPS) is 22.8. The van der Waals surface area contributed by atoms with Crippen LogP contribution in [0.15, 0.2) is 16.4 Å². The van der Waals surface area contributed by atoms with E-state index in [9.17, 15) is 14.4 Å². The first kappa shape index (κ1) is 17.5. The second-order valence-electron chi connectivity index (χ2n) is 7.95. The van der Waals surface area contributed by atoms with Gasteiger partial charge in [0.1, 0.15) is 17.1 Å². The predicted molar refractivity (Wildman–Crippen MR) is 103 cm³/mol. The molecule has 2 aromatic heterocycles. The summed E-state index contributed by atoms with van der Waals surface area (Å²) in [6.45, 7) is 4.31. The van der Waals surface area contributed by atoms with Crippen molar-refractivity contribution in [1.82, 2.24) is 24.8 Å². The lowest BCUT2D eigenvalue weighted by Gasteiger charge is -2.17. The van der Waals surface area contributed by atoms with Crippen molar-refractivity contribution in [1.29, 1.82) is 0 Å². The van der Waals surface area contributed by atoms with Crippen LogP contribution in [0.5, 0.6) is 0 Å². The summed E-state index contributed by atoms with van der Waals surface area (Å²) >= 11 is 1.46. The van der Waals surface area contributed by atoms with Gasteiger partial charge in [0, 0.05) is 49.6 Å². The molecule has 5 rings (SSSR count). The number of aryl methyl sites for hydroxylation is 1. The Hall–Kier alpha value is -2.55. The van der Waals surface area contributed by atoms with Gasteiger partial charge in [0.2, 0.25) is 0 Å². The van der Waals surface area contributed by atoms with E-state index in [1.807, 2.05) is 11.5 Å². The molecule has 0 bridgehead atoms. The van der Waals surface area contributed by atoms with Gasteiger partial charge < -0.3 is 14.8 Å². The number of nitrogens with one attached hydrogen (secondary N) is 1. The number of rotatable bonds is 4. The summed E-state index contributed by atoms with van der Waals surface area (Å²) in [7, 11) is 0. The number of fused-ring (bicyclic) bond motifs is 3. The molecule has 28 heavy (non-hydrogen) atoms. The molecule has 8 nitrogen and oxygen atoms in total. The summed E-state index contributed by atoms with van der Waals surface area (Å²) in [6.07, 6.45) is 3.92. The zero-order valence-corrected chi connectivity index (χ0v) is 16.4. The Balaban J connectivity index is 1.33. The van der Waals surface area contributed by atoms with E-state index in [0.717, 1.165) is 17.8 Å². The highest BCUT2D eigenvalue weighted by Crippen LogP contribution is 2.38. The fraction of sp³-hybridized carbons (Fsp3) is 0.526. The van der Waals surface area contributed by atoms with Crippen LogP contribution in [0.4, 0.5) is 0 Å². The second kappa shape index (κ2) is 6.51. The van der Waals surface area contributed by atoms with E-state index in [0.29, 0.717) is 43.6 Å². The Labute approximate surface area is 165 Å². The molecule has 1 N–H and O–H groups in total. The number of nitrogens with zero attached hydrogens (tertiary/aromatic N) is 4. The number of carbonyl (C=O) groups excluding carboxylic acids is 2. The first-order valence-electron chi connectivity index (χ1n) is 9.60. The Kier molecular flexibility index (Phi) is 4.08. The zero-order chi connectivity index (χ0) is 19.4. The van der Waals surface area contributed by atoms with Gasteiger partial charge in [-0.05, 0) is 25.7 Å². The fourth-order valence-electron chi connectivity index (χ4n) is 4.15. The Morgan fingerprint density at radius 1 is 1.25 bits per heavy atom. The summed E-state index contributed by atoms with van der Waals surface area (Å²) in [6, 6.07) is 0. The quantitative estimate of drug-likeness (QED) is 0.828. The van der Waals surface area contributed by atoms with E-state index in [2.05, 4.69) is 15.3 Å². The molecule has 2 amide bonds. The number of thiazole rings is 1. The summed E-state index contributed by atoms with van der Waals surface area (Å²) in [4.78, 5) is 47.7. The molecule has 2 atom stereocenters. The van der Waals surface area contributed by atoms with E-state index in [4.69, 9.17) is 0 Å². The van der Waals surface area contributed by atoms with Crippen molar-refractivity contribution in [3.63, 3.8) is 0 Å². The molecule has 146 valence electrons. The topological polar surface area (TPSA) is 97.2 Å². The van der Waals surface area contributed by atoms with Crippen LogP contribution in [0.25, 0.3) is 0 Å². The summed E-state index contributed by atoms with van der Waals surface area (Å²) in [5, 5.41) is 5.49. The molecular weight excluding hydrogens is 378 g/mol. The van der Waals surface area contributed by atoms with Crippen molar-refractivity contribution in [2.75, 3.05) is 19.6 Å². The average Bonchev–Trinajstić information content (AvgIpc) is 3.10. The van der Waals surface area contributed by atoms with E-state index < -0.39 is 5.56 Å². The molecule has 0 spiro atoms. The highest BCUT2D eigenvalue weighted by atomic mass is 32.1. The van der Waals surface area contributed by atoms with Gasteiger partial charge in [-0.25, -0.2) is 4.98 Å². The van der Waals surface area contributed by atoms with Crippen LogP contribution in [0.3, 0.4) is 0 Å². The third-order valence-electron chi connectivity index (χ3n) is 5.85. The lowest BCUT2D eigenvalue weighted by molar-refractivity contribution is 0.0778.